The standard InChI is InChI=1S/C19H32O4/c1-3-5-7-11-15-23-19(21)17-13-9-8-12-16(17)18(20)22-14-10-6-4-2/h8-9,16-17H,3-7,10-15H2,1-2H3. The van der Waals surface area contributed by atoms with Gasteiger partial charge in [0, 0.05) is 0 Å². The first-order valence-electron chi connectivity index (χ1n) is 9.19. The first-order valence-corrected chi connectivity index (χ1v) is 9.19. The zero-order chi connectivity index (χ0) is 16.9. The van der Waals surface area contributed by atoms with Gasteiger partial charge in [-0.3, -0.25) is 9.59 Å². The molecule has 0 aliphatic heterocycles. The van der Waals surface area contributed by atoms with Crippen LogP contribution >= 0.6 is 0 Å². The van der Waals surface area contributed by atoms with E-state index in [-0.39, 0.29) is 23.8 Å². The van der Waals surface area contributed by atoms with E-state index in [2.05, 4.69) is 13.8 Å². The summed E-state index contributed by atoms with van der Waals surface area (Å²) in [6.45, 7) is 5.17. The van der Waals surface area contributed by atoms with Crippen molar-refractivity contribution in [1.82, 2.24) is 0 Å². The molecule has 4 nitrogen and oxygen atoms in total. The Bertz CT molecular complexity index is 376. The average Bonchev–Trinajstić information content (AvgIpc) is 2.58. The van der Waals surface area contributed by atoms with Gasteiger partial charge in [-0.1, -0.05) is 58.1 Å². The van der Waals surface area contributed by atoms with Crippen molar-refractivity contribution in [3.05, 3.63) is 12.2 Å². The van der Waals surface area contributed by atoms with Gasteiger partial charge in [-0.2, -0.15) is 0 Å². The number of esters is 2. The summed E-state index contributed by atoms with van der Waals surface area (Å²) in [4.78, 5) is 24.5. The van der Waals surface area contributed by atoms with E-state index in [0.29, 0.717) is 26.1 Å². The number of hydrogen-bond donors (Lipinski definition) is 0. The van der Waals surface area contributed by atoms with Crippen LogP contribution in [0.25, 0.3) is 0 Å². The van der Waals surface area contributed by atoms with Gasteiger partial charge in [0.05, 0.1) is 25.0 Å². The molecule has 1 aliphatic rings. The summed E-state index contributed by atoms with van der Waals surface area (Å²) >= 11 is 0. The first kappa shape index (κ1) is 19.7. The van der Waals surface area contributed by atoms with Crippen molar-refractivity contribution < 1.29 is 19.1 Å². The molecule has 0 saturated heterocycles. The molecule has 4 heteroatoms. The molecule has 1 rings (SSSR count). The lowest BCUT2D eigenvalue weighted by Crippen LogP contribution is -2.34. The molecule has 2 atom stereocenters. The van der Waals surface area contributed by atoms with Gasteiger partial charge in [0.15, 0.2) is 0 Å². The Balaban J connectivity index is 2.39. The highest BCUT2D eigenvalue weighted by molar-refractivity contribution is 5.82. The Morgan fingerprint density at radius 3 is 1.70 bits per heavy atom. The van der Waals surface area contributed by atoms with E-state index in [1.807, 2.05) is 12.2 Å². The van der Waals surface area contributed by atoms with Crippen LogP contribution in [-0.2, 0) is 19.1 Å². The van der Waals surface area contributed by atoms with Crippen molar-refractivity contribution in [3.8, 4) is 0 Å². The number of hydrogen-bond acceptors (Lipinski definition) is 4. The van der Waals surface area contributed by atoms with E-state index < -0.39 is 0 Å². The monoisotopic (exact) mass is 324 g/mol. The molecule has 0 bridgehead atoms. The van der Waals surface area contributed by atoms with Gasteiger partial charge in [-0.05, 0) is 25.7 Å². The molecule has 0 fully saturated rings. The van der Waals surface area contributed by atoms with Crippen LogP contribution in [0.5, 0.6) is 0 Å². The van der Waals surface area contributed by atoms with Gasteiger partial charge in [0.25, 0.3) is 0 Å². The van der Waals surface area contributed by atoms with Crippen molar-refractivity contribution in [2.45, 2.75) is 71.6 Å². The Hall–Kier alpha value is -1.32. The fourth-order valence-corrected chi connectivity index (χ4v) is 2.78. The number of carbonyl (C=O) groups excluding carboxylic acids is 2. The molecule has 1 aliphatic carbocycles. The van der Waals surface area contributed by atoms with Crippen molar-refractivity contribution >= 4 is 11.9 Å². The molecule has 0 aromatic heterocycles. The van der Waals surface area contributed by atoms with Crippen LogP contribution in [0.1, 0.15) is 71.6 Å². The second-order valence-corrected chi connectivity index (χ2v) is 6.26. The molecule has 0 spiro atoms. The Kier molecular flexibility index (Phi) is 10.4. The van der Waals surface area contributed by atoms with Crippen LogP contribution in [0.3, 0.4) is 0 Å². The zero-order valence-corrected chi connectivity index (χ0v) is 14.7. The number of unbranched alkanes of at least 4 members (excludes halogenated alkanes) is 5. The SMILES string of the molecule is CCCCCCOC(=O)C1CC=CCC1C(=O)OCCCCC. The van der Waals surface area contributed by atoms with Crippen molar-refractivity contribution in [1.29, 1.82) is 0 Å². The number of ether oxygens (including phenoxy) is 2. The third kappa shape index (κ3) is 7.67. The molecule has 23 heavy (non-hydrogen) atoms. The van der Waals surface area contributed by atoms with Crippen LogP contribution < -0.4 is 0 Å². The van der Waals surface area contributed by atoms with Crippen LogP contribution in [0, 0.1) is 11.8 Å². The third-order valence-electron chi connectivity index (χ3n) is 4.27. The highest BCUT2D eigenvalue weighted by Gasteiger charge is 2.36. The third-order valence-corrected chi connectivity index (χ3v) is 4.27. The predicted octanol–water partition coefficient (Wildman–Crippen LogP) is 4.43. The lowest BCUT2D eigenvalue weighted by molar-refractivity contribution is -0.161. The quantitative estimate of drug-likeness (QED) is 0.320. The summed E-state index contributed by atoms with van der Waals surface area (Å²) < 4.78 is 10.7. The maximum absolute atomic E-state index is 12.3. The molecule has 2 unspecified atom stereocenters. The highest BCUT2D eigenvalue weighted by Crippen LogP contribution is 2.28. The lowest BCUT2D eigenvalue weighted by atomic mass is 9.83. The molecule has 0 radical (unpaired) electrons. The van der Waals surface area contributed by atoms with Crippen LogP contribution in [0.4, 0.5) is 0 Å². The van der Waals surface area contributed by atoms with E-state index in [4.69, 9.17) is 9.47 Å². The lowest BCUT2D eigenvalue weighted by Gasteiger charge is -2.25. The van der Waals surface area contributed by atoms with Crippen LogP contribution in [0.15, 0.2) is 12.2 Å². The van der Waals surface area contributed by atoms with E-state index in [1.54, 1.807) is 0 Å². The van der Waals surface area contributed by atoms with Crippen molar-refractivity contribution in [3.63, 3.8) is 0 Å². The molecule has 0 saturated carbocycles. The summed E-state index contributed by atoms with van der Waals surface area (Å²) in [6.07, 6.45) is 12.4. The topological polar surface area (TPSA) is 52.6 Å². The fraction of sp³-hybridized carbons (Fsp3) is 0.789. The summed E-state index contributed by atoms with van der Waals surface area (Å²) in [5.74, 6) is -1.27. The number of allylic oxidation sites excluding steroid dienone is 2. The van der Waals surface area contributed by atoms with Gasteiger partial charge in [-0.15, -0.1) is 0 Å². The molecule has 0 amide bonds. The minimum Gasteiger partial charge on any atom is -0.465 e. The normalized spacial score (nSPS) is 20.3. The van der Waals surface area contributed by atoms with Crippen LogP contribution in [-0.4, -0.2) is 25.2 Å². The highest BCUT2D eigenvalue weighted by atomic mass is 16.5. The maximum atomic E-state index is 12.3. The Morgan fingerprint density at radius 1 is 0.783 bits per heavy atom. The van der Waals surface area contributed by atoms with E-state index >= 15 is 0 Å². The molecular formula is C19H32O4. The van der Waals surface area contributed by atoms with E-state index in [1.165, 1.54) is 0 Å². The van der Waals surface area contributed by atoms with E-state index in [0.717, 1.165) is 44.9 Å². The molecule has 0 N–H and O–H groups in total. The molecule has 0 aromatic carbocycles. The first-order chi connectivity index (χ1) is 11.2. The number of rotatable bonds is 11. The summed E-state index contributed by atoms with van der Waals surface area (Å²) in [5, 5.41) is 0. The van der Waals surface area contributed by atoms with Gasteiger partial charge in [0.1, 0.15) is 0 Å². The summed E-state index contributed by atoms with van der Waals surface area (Å²) in [7, 11) is 0. The molecule has 0 heterocycles. The molecule has 132 valence electrons. The number of carbonyl (C=O) groups is 2. The smallest absolute Gasteiger partial charge is 0.310 e. The predicted molar refractivity (Wildman–Crippen MR) is 90.9 cm³/mol. The van der Waals surface area contributed by atoms with Crippen LogP contribution in [0.2, 0.25) is 0 Å². The maximum Gasteiger partial charge on any atom is 0.310 e. The average molecular weight is 324 g/mol. The Morgan fingerprint density at radius 2 is 1.22 bits per heavy atom. The Labute approximate surface area is 140 Å². The second kappa shape index (κ2) is 12.1. The summed E-state index contributed by atoms with van der Waals surface area (Å²) in [6, 6.07) is 0. The molecule has 0 aromatic rings. The van der Waals surface area contributed by atoms with Gasteiger partial charge < -0.3 is 9.47 Å². The molecular weight excluding hydrogens is 292 g/mol. The minimum absolute atomic E-state index is 0.249. The van der Waals surface area contributed by atoms with Crippen molar-refractivity contribution in [2.75, 3.05) is 13.2 Å². The second-order valence-electron chi connectivity index (χ2n) is 6.26. The van der Waals surface area contributed by atoms with Gasteiger partial charge >= 0.3 is 11.9 Å². The minimum atomic E-state index is -0.384. The zero-order valence-electron chi connectivity index (χ0n) is 14.7. The van der Waals surface area contributed by atoms with Crippen molar-refractivity contribution in [2.24, 2.45) is 11.8 Å². The van der Waals surface area contributed by atoms with Gasteiger partial charge in [-0.25, -0.2) is 0 Å². The largest absolute Gasteiger partial charge is 0.465 e. The van der Waals surface area contributed by atoms with E-state index in [9.17, 15) is 9.59 Å². The summed E-state index contributed by atoms with van der Waals surface area (Å²) in [5.41, 5.74) is 0. The van der Waals surface area contributed by atoms with Gasteiger partial charge in [0.2, 0.25) is 0 Å². The fourth-order valence-electron chi connectivity index (χ4n) is 2.78.